The second-order valence-electron chi connectivity index (χ2n) is 6.61. The highest BCUT2D eigenvalue weighted by atomic mass is 19.4. The number of guanidine groups is 1. The first-order valence-corrected chi connectivity index (χ1v) is 9.10. The van der Waals surface area contributed by atoms with Gasteiger partial charge in [-0.1, -0.05) is 36.4 Å². The fourth-order valence-electron chi connectivity index (χ4n) is 3.30. The summed E-state index contributed by atoms with van der Waals surface area (Å²) < 4.78 is 42.1. The van der Waals surface area contributed by atoms with Gasteiger partial charge < -0.3 is 15.0 Å². The summed E-state index contributed by atoms with van der Waals surface area (Å²) >= 11 is 0. The van der Waals surface area contributed by atoms with Crippen LogP contribution in [0.4, 0.5) is 13.2 Å². The first-order valence-electron chi connectivity index (χ1n) is 9.10. The number of aliphatic imine (C=N–C) groups is 1. The number of hydrogen-bond acceptors (Lipinski definition) is 3. The zero-order valence-electron chi connectivity index (χ0n) is 15.6. The minimum absolute atomic E-state index is 0.0219. The Balaban J connectivity index is 1.59. The van der Waals surface area contributed by atoms with E-state index in [1.165, 1.54) is 11.8 Å². The smallest absolute Gasteiger partial charge is 0.422 e. The van der Waals surface area contributed by atoms with Gasteiger partial charge >= 0.3 is 6.18 Å². The van der Waals surface area contributed by atoms with Crippen molar-refractivity contribution in [3.8, 4) is 5.88 Å². The Labute approximate surface area is 162 Å². The van der Waals surface area contributed by atoms with Crippen LogP contribution in [0.1, 0.15) is 23.5 Å². The molecule has 0 bridgehead atoms. The summed E-state index contributed by atoms with van der Waals surface area (Å²) in [7, 11) is 1.70. The molecule has 0 aliphatic carbocycles. The highest BCUT2D eigenvalue weighted by molar-refractivity contribution is 5.80. The van der Waals surface area contributed by atoms with Crippen LogP contribution in [0, 0.1) is 0 Å². The molecule has 1 aromatic carbocycles. The highest BCUT2D eigenvalue weighted by Crippen LogP contribution is 2.27. The molecule has 5 nitrogen and oxygen atoms in total. The number of likely N-dealkylation sites (tertiary alicyclic amines) is 1. The van der Waals surface area contributed by atoms with Crippen LogP contribution in [0.2, 0.25) is 0 Å². The minimum atomic E-state index is -4.40. The van der Waals surface area contributed by atoms with E-state index in [1.54, 1.807) is 19.2 Å². The first-order chi connectivity index (χ1) is 13.5. The molecule has 1 saturated heterocycles. The van der Waals surface area contributed by atoms with E-state index in [-0.39, 0.29) is 12.4 Å². The van der Waals surface area contributed by atoms with E-state index in [9.17, 15) is 13.2 Å². The van der Waals surface area contributed by atoms with Gasteiger partial charge in [0.15, 0.2) is 12.6 Å². The van der Waals surface area contributed by atoms with Crippen molar-refractivity contribution < 1.29 is 17.9 Å². The lowest BCUT2D eigenvalue weighted by molar-refractivity contribution is -0.154. The standard InChI is InChI=1S/C20H23F3N4O/c1-24-19(27-11-9-17(13-27)15-6-3-2-4-7-15)26-12-16-8-5-10-25-18(16)28-14-20(21,22)23/h2-8,10,17H,9,11-14H2,1H3,(H,24,26). The van der Waals surface area contributed by atoms with Gasteiger partial charge in [-0.3, -0.25) is 4.99 Å². The van der Waals surface area contributed by atoms with E-state index in [2.05, 4.69) is 32.3 Å². The predicted octanol–water partition coefficient (Wildman–Crippen LogP) is 3.59. The summed E-state index contributed by atoms with van der Waals surface area (Å²) in [6.45, 7) is 0.620. The van der Waals surface area contributed by atoms with E-state index in [0.29, 0.717) is 17.4 Å². The molecular weight excluding hydrogens is 369 g/mol. The van der Waals surface area contributed by atoms with Gasteiger partial charge in [-0.05, 0) is 18.1 Å². The van der Waals surface area contributed by atoms with Crippen LogP contribution in [-0.4, -0.2) is 48.8 Å². The summed E-state index contributed by atoms with van der Waals surface area (Å²) in [4.78, 5) is 10.4. The molecule has 1 fully saturated rings. The third-order valence-corrected chi connectivity index (χ3v) is 4.63. The lowest BCUT2D eigenvalue weighted by Gasteiger charge is -2.22. The molecular formula is C20H23F3N4O. The second-order valence-corrected chi connectivity index (χ2v) is 6.61. The number of aromatic nitrogens is 1. The van der Waals surface area contributed by atoms with Crippen molar-refractivity contribution in [1.82, 2.24) is 15.2 Å². The van der Waals surface area contributed by atoms with Gasteiger partial charge in [-0.25, -0.2) is 4.98 Å². The molecule has 1 aliphatic rings. The van der Waals surface area contributed by atoms with E-state index in [4.69, 9.17) is 4.74 Å². The van der Waals surface area contributed by atoms with Crippen molar-refractivity contribution >= 4 is 5.96 Å². The number of halogens is 3. The fraction of sp³-hybridized carbons (Fsp3) is 0.400. The molecule has 3 rings (SSSR count). The van der Waals surface area contributed by atoms with Gasteiger partial charge in [-0.15, -0.1) is 0 Å². The van der Waals surface area contributed by atoms with Crippen LogP contribution in [-0.2, 0) is 6.54 Å². The van der Waals surface area contributed by atoms with Crippen molar-refractivity contribution in [3.05, 3.63) is 59.8 Å². The van der Waals surface area contributed by atoms with Crippen molar-refractivity contribution in [2.75, 3.05) is 26.7 Å². The topological polar surface area (TPSA) is 49.8 Å². The molecule has 8 heteroatoms. The number of rotatable bonds is 5. The van der Waals surface area contributed by atoms with Gasteiger partial charge in [0.25, 0.3) is 0 Å². The molecule has 0 radical (unpaired) electrons. The number of hydrogen-bond donors (Lipinski definition) is 1. The van der Waals surface area contributed by atoms with Crippen molar-refractivity contribution in [1.29, 1.82) is 0 Å². The summed E-state index contributed by atoms with van der Waals surface area (Å²) in [5, 5.41) is 3.21. The molecule has 150 valence electrons. The Hall–Kier alpha value is -2.77. The number of nitrogens with one attached hydrogen (secondary N) is 1. The quantitative estimate of drug-likeness (QED) is 0.624. The van der Waals surface area contributed by atoms with Gasteiger partial charge in [-0.2, -0.15) is 13.2 Å². The number of pyridine rings is 1. The van der Waals surface area contributed by atoms with E-state index in [0.717, 1.165) is 19.5 Å². The number of nitrogens with zero attached hydrogens (tertiary/aromatic N) is 3. The zero-order valence-corrected chi connectivity index (χ0v) is 15.6. The number of benzene rings is 1. The predicted molar refractivity (Wildman–Crippen MR) is 101 cm³/mol. The molecule has 1 unspecified atom stereocenters. The molecule has 28 heavy (non-hydrogen) atoms. The van der Waals surface area contributed by atoms with Crippen LogP contribution in [0.25, 0.3) is 0 Å². The maximum Gasteiger partial charge on any atom is 0.422 e. The Kier molecular flexibility index (Phi) is 6.38. The van der Waals surface area contributed by atoms with Gasteiger partial charge in [0.1, 0.15) is 0 Å². The monoisotopic (exact) mass is 392 g/mol. The fourth-order valence-corrected chi connectivity index (χ4v) is 3.30. The molecule has 0 saturated carbocycles. The summed E-state index contributed by atoms with van der Waals surface area (Å²) in [6, 6.07) is 13.7. The second kappa shape index (κ2) is 8.95. The number of ether oxygens (including phenoxy) is 1. The molecule has 0 amide bonds. The lowest BCUT2D eigenvalue weighted by Crippen LogP contribution is -2.39. The molecule has 1 aliphatic heterocycles. The van der Waals surface area contributed by atoms with Crippen LogP contribution in [0.5, 0.6) is 5.88 Å². The third-order valence-electron chi connectivity index (χ3n) is 4.63. The molecule has 2 heterocycles. The van der Waals surface area contributed by atoms with E-state index < -0.39 is 12.8 Å². The van der Waals surface area contributed by atoms with Gasteiger partial charge in [0, 0.05) is 44.4 Å². The first kappa shape index (κ1) is 20.0. The zero-order chi connectivity index (χ0) is 20.0. The Morgan fingerprint density at radius 1 is 1.25 bits per heavy atom. The number of alkyl halides is 3. The average molecular weight is 392 g/mol. The van der Waals surface area contributed by atoms with Crippen molar-refractivity contribution in [2.45, 2.75) is 25.1 Å². The summed E-state index contributed by atoms with van der Waals surface area (Å²) in [6.07, 6.45) is -1.97. The third kappa shape index (κ3) is 5.37. The normalized spacial score (nSPS) is 17.6. The van der Waals surface area contributed by atoms with Crippen molar-refractivity contribution in [2.24, 2.45) is 4.99 Å². The highest BCUT2D eigenvalue weighted by Gasteiger charge is 2.29. The maximum atomic E-state index is 12.4. The molecule has 1 N–H and O–H groups in total. The van der Waals surface area contributed by atoms with Crippen LogP contribution < -0.4 is 10.1 Å². The van der Waals surface area contributed by atoms with Crippen LogP contribution >= 0.6 is 0 Å². The molecule has 1 aromatic heterocycles. The summed E-state index contributed by atoms with van der Waals surface area (Å²) in [5.74, 6) is 1.12. The maximum absolute atomic E-state index is 12.4. The van der Waals surface area contributed by atoms with Crippen molar-refractivity contribution in [3.63, 3.8) is 0 Å². The average Bonchev–Trinajstić information content (AvgIpc) is 3.18. The lowest BCUT2D eigenvalue weighted by atomic mass is 9.99. The molecule has 1 atom stereocenters. The largest absolute Gasteiger partial charge is 0.468 e. The Morgan fingerprint density at radius 2 is 2.04 bits per heavy atom. The van der Waals surface area contributed by atoms with Gasteiger partial charge in [0.05, 0.1) is 0 Å². The minimum Gasteiger partial charge on any atom is -0.468 e. The van der Waals surface area contributed by atoms with E-state index >= 15 is 0 Å². The van der Waals surface area contributed by atoms with Crippen LogP contribution in [0.15, 0.2) is 53.7 Å². The Bertz CT molecular complexity index is 796. The van der Waals surface area contributed by atoms with Gasteiger partial charge in [0.2, 0.25) is 5.88 Å². The van der Waals surface area contributed by atoms with E-state index in [1.807, 2.05) is 18.2 Å². The van der Waals surface area contributed by atoms with Crippen LogP contribution in [0.3, 0.4) is 0 Å². The molecule has 2 aromatic rings. The SMILES string of the molecule is CN=C(NCc1cccnc1OCC(F)(F)F)N1CCC(c2ccccc2)C1. The Morgan fingerprint density at radius 3 is 2.75 bits per heavy atom. The summed E-state index contributed by atoms with van der Waals surface area (Å²) in [5.41, 5.74) is 1.85. The molecule has 0 spiro atoms.